The fourth-order valence-electron chi connectivity index (χ4n) is 2.31. The molecule has 0 aliphatic carbocycles. The summed E-state index contributed by atoms with van der Waals surface area (Å²) in [6, 6.07) is 6.70. The van der Waals surface area contributed by atoms with Crippen LogP contribution in [0.4, 0.5) is 17.2 Å². The molecule has 1 aromatic carbocycles. The fourth-order valence-corrected chi connectivity index (χ4v) is 2.47. The molecule has 2 rings (SSSR count). The van der Waals surface area contributed by atoms with E-state index in [2.05, 4.69) is 29.0 Å². The molecule has 0 aliphatic rings. The van der Waals surface area contributed by atoms with E-state index < -0.39 is 0 Å². The summed E-state index contributed by atoms with van der Waals surface area (Å²) >= 11 is 6.00. The Morgan fingerprint density at radius 2 is 2.04 bits per heavy atom. The number of anilines is 3. The molecule has 0 spiro atoms. The number of methoxy groups -OCH3 is 1. The topological polar surface area (TPSA) is 80.5 Å². The number of benzene rings is 1. The lowest BCUT2D eigenvalue weighted by Crippen LogP contribution is -2.23. The van der Waals surface area contributed by atoms with Gasteiger partial charge >= 0.3 is 0 Å². The second-order valence-corrected chi connectivity index (χ2v) is 5.51. The number of rotatable bonds is 6. The Bertz CT molecular complexity index is 715. The molecule has 0 bridgehead atoms. The van der Waals surface area contributed by atoms with Crippen LogP contribution in [0.25, 0.3) is 0 Å². The summed E-state index contributed by atoms with van der Waals surface area (Å²) in [4.78, 5) is 19.0. The molecule has 0 saturated heterocycles. The molecule has 1 amide bonds. The van der Waals surface area contributed by atoms with Gasteiger partial charge in [0.15, 0.2) is 0 Å². The molecule has 0 atom stereocenters. The fraction of sp³-hybridized carbons (Fsp3) is 0.294. The average molecular weight is 349 g/mol. The third-order valence-electron chi connectivity index (χ3n) is 3.66. The molecular formula is C17H21ClN4O2. The summed E-state index contributed by atoms with van der Waals surface area (Å²) in [6.07, 6.45) is 1.62. The number of halogens is 1. The van der Waals surface area contributed by atoms with Gasteiger partial charge in [0, 0.05) is 19.2 Å². The molecule has 0 unspecified atom stereocenters. The molecule has 0 saturated carbocycles. The predicted octanol–water partition coefficient (Wildman–Crippen LogP) is 3.42. The van der Waals surface area contributed by atoms with Crippen LogP contribution in [0.2, 0.25) is 5.02 Å². The van der Waals surface area contributed by atoms with Gasteiger partial charge in [0.1, 0.15) is 11.6 Å². The van der Waals surface area contributed by atoms with Crippen molar-refractivity contribution in [3.8, 4) is 5.75 Å². The number of hydrogen-bond donors (Lipinski definition) is 2. The number of carbonyl (C=O) groups excluding carboxylic acids is 1. The zero-order valence-corrected chi connectivity index (χ0v) is 14.7. The van der Waals surface area contributed by atoms with Gasteiger partial charge < -0.3 is 20.7 Å². The van der Waals surface area contributed by atoms with Gasteiger partial charge in [-0.3, -0.25) is 4.79 Å². The van der Waals surface area contributed by atoms with Gasteiger partial charge in [-0.1, -0.05) is 11.6 Å². The first-order chi connectivity index (χ1) is 11.5. The van der Waals surface area contributed by atoms with Crippen LogP contribution in [0.5, 0.6) is 5.75 Å². The van der Waals surface area contributed by atoms with Crippen molar-refractivity contribution >= 4 is 34.7 Å². The van der Waals surface area contributed by atoms with Crippen LogP contribution in [-0.2, 0) is 0 Å². The van der Waals surface area contributed by atoms with Gasteiger partial charge in [-0.15, -0.1) is 0 Å². The maximum Gasteiger partial charge on any atom is 0.259 e. The Kier molecular flexibility index (Phi) is 5.87. The van der Waals surface area contributed by atoms with E-state index >= 15 is 0 Å². The van der Waals surface area contributed by atoms with Crippen molar-refractivity contribution in [2.75, 3.05) is 36.1 Å². The molecule has 24 heavy (non-hydrogen) atoms. The molecule has 1 heterocycles. The summed E-state index contributed by atoms with van der Waals surface area (Å²) in [6.45, 7) is 5.88. The summed E-state index contributed by atoms with van der Waals surface area (Å²) < 4.78 is 5.20. The van der Waals surface area contributed by atoms with Crippen molar-refractivity contribution < 1.29 is 9.53 Å². The highest BCUT2D eigenvalue weighted by molar-refractivity contribution is 6.33. The van der Waals surface area contributed by atoms with Crippen LogP contribution in [-0.4, -0.2) is 31.1 Å². The molecule has 1 aromatic heterocycles. The molecule has 3 N–H and O–H groups in total. The molecule has 0 radical (unpaired) electrons. The lowest BCUT2D eigenvalue weighted by Gasteiger charge is -2.19. The number of carbonyl (C=O) groups is 1. The summed E-state index contributed by atoms with van der Waals surface area (Å²) in [5, 5.41) is 3.08. The van der Waals surface area contributed by atoms with E-state index in [1.165, 1.54) is 19.2 Å². The number of aromatic nitrogens is 1. The minimum atomic E-state index is -0.342. The number of nitrogens with one attached hydrogen (secondary N) is 1. The maximum atomic E-state index is 12.5. The van der Waals surface area contributed by atoms with Gasteiger partial charge in [0.2, 0.25) is 0 Å². The minimum absolute atomic E-state index is 0.302. The number of nitrogen functional groups attached to an aromatic ring is 1. The van der Waals surface area contributed by atoms with Gasteiger partial charge in [-0.25, -0.2) is 4.98 Å². The first kappa shape index (κ1) is 17.9. The average Bonchev–Trinajstić information content (AvgIpc) is 2.59. The van der Waals surface area contributed by atoms with E-state index in [0.717, 1.165) is 18.9 Å². The van der Waals surface area contributed by atoms with Crippen LogP contribution in [0.15, 0.2) is 30.5 Å². The Hall–Kier alpha value is -2.47. The van der Waals surface area contributed by atoms with Crippen molar-refractivity contribution in [1.82, 2.24) is 4.98 Å². The van der Waals surface area contributed by atoms with E-state index in [1.54, 1.807) is 6.20 Å². The highest BCUT2D eigenvalue weighted by Gasteiger charge is 2.15. The van der Waals surface area contributed by atoms with Gasteiger partial charge in [0.05, 0.1) is 35.3 Å². The van der Waals surface area contributed by atoms with Crippen molar-refractivity contribution in [1.29, 1.82) is 0 Å². The largest absolute Gasteiger partial charge is 0.496 e. The smallest absolute Gasteiger partial charge is 0.259 e. The number of pyridine rings is 1. The van der Waals surface area contributed by atoms with Gasteiger partial charge in [-0.2, -0.15) is 0 Å². The maximum absolute atomic E-state index is 12.5. The molecular weight excluding hydrogens is 328 g/mol. The Morgan fingerprint density at radius 1 is 1.33 bits per heavy atom. The zero-order valence-electron chi connectivity index (χ0n) is 14.0. The molecule has 0 fully saturated rings. The number of ether oxygens (including phenoxy) is 1. The minimum Gasteiger partial charge on any atom is -0.496 e. The van der Waals surface area contributed by atoms with E-state index in [-0.39, 0.29) is 5.91 Å². The van der Waals surface area contributed by atoms with Gasteiger partial charge in [0.25, 0.3) is 5.91 Å². The Balaban J connectivity index is 2.19. The first-order valence-corrected chi connectivity index (χ1v) is 8.03. The molecule has 2 aromatic rings. The number of nitrogens with two attached hydrogens (primary N) is 1. The number of nitrogens with zero attached hydrogens (tertiary/aromatic N) is 2. The normalized spacial score (nSPS) is 10.3. The third kappa shape index (κ3) is 3.89. The zero-order chi connectivity index (χ0) is 17.7. The summed E-state index contributed by atoms with van der Waals surface area (Å²) in [7, 11) is 1.47. The van der Waals surface area contributed by atoms with Crippen molar-refractivity contribution in [3.05, 3.63) is 41.0 Å². The quantitative estimate of drug-likeness (QED) is 0.782. The van der Waals surface area contributed by atoms with Crippen molar-refractivity contribution in [2.45, 2.75) is 13.8 Å². The van der Waals surface area contributed by atoms with Gasteiger partial charge in [-0.05, 0) is 32.0 Å². The second-order valence-electron chi connectivity index (χ2n) is 5.11. The van der Waals surface area contributed by atoms with Crippen LogP contribution < -0.4 is 20.7 Å². The third-order valence-corrected chi connectivity index (χ3v) is 3.98. The van der Waals surface area contributed by atoms with Crippen molar-refractivity contribution in [3.63, 3.8) is 0 Å². The summed E-state index contributed by atoms with van der Waals surface area (Å²) in [5.41, 5.74) is 6.99. The highest BCUT2D eigenvalue weighted by atomic mass is 35.5. The van der Waals surface area contributed by atoms with Crippen LogP contribution >= 0.6 is 11.6 Å². The van der Waals surface area contributed by atoms with E-state index in [9.17, 15) is 4.79 Å². The Morgan fingerprint density at radius 3 is 2.58 bits per heavy atom. The van der Waals surface area contributed by atoms with E-state index in [1.807, 2.05) is 12.1 Å². The molecule has 7 heteroatoms. The van der Waals surface area contributed by atoms with Crippen molar-refractivity contribution in [2.24, 2.45) is 0 Å². The number of hydrogen-bond acceptors (Lipinski definition) is 5. The molecule has 6 nitrogen and oxygen atoms in total. The van der Waals surface area contributed by atoms with E-state index in [4.69, 9.17) is 22.1 Å². The van der Waals surface area contributed by atoms with Crippen LogP contribution in [0.3, 0.4) is 0 Å². The predicted molar refractivity (Wildman–Crippen MR) is 98.2 cm³/mol. The molecule has 128 valence electrons. The summed E-state index contributed by atoms with van der Waals surface area (Å²) in [5.74, 6) is 0.888. The first-order valence-electron chi connectivity index (χ1n) is 7.65. The highest BCUT2D eigenvalue weighted by Crippen LogP contribution is 2.29. The lowest BCUT2D eigenvalue weighted by atomic mass is 10.1. The molecule has 0 aliphatic heterocycles. The number of amides is 1. The lowest BCUT2D eigenvalue weighted by molar-refractivity contribution is 0.102. The standard InChI is InChI=1S/C17H21ClN4O2/c1-4-22(5-2)16-7-6-11(10-20-16)21-17(23)12-8-13(18)14(19)9-15(12)24-3/h6-10H,4-5,19H2,1-3H3,(H,21,23). The second kappa shape index (κ2) is 7.88. The SMILES string of the molecule is CCN(CC)c1ccc(NC(=O)c2cc(Cl)c(N)cc2OC)cn1. The van der Waals surface area contributed by atoms with Crippen LogP contribution in [0.1, 0.15) is 24.2 Å². The Labute approximate surface area is 146 Å². The van der Waals surface area contributed by atoms with Crippen LogP contribution in [0, 0.1) is 0 Å². The van der Waals surface area contributed by atoms with E-state index in [0.29, 0.717) is 27.7 Å². The monoisotopic (exact) mass is 348 g/mol.